The molecule has 0 radical (unpaired) electrons. The third kappa shape index (κ3) is 4.68. The molecule has 166 valence electrons. The summed E-state index contributed by atoms with van der Waals surface area (Å²) in [5.41, 5.74) is 1.47. The second-order valence-corrected chi connectivity index (χ2v) is 7.28. The highest BCUT2D eigenvalue weighted by atomic mass is 16.5. The number of carbonyl (C=O) groups is 2. The summed E-state index contributed by atoms with van der Waals surface area (Å²) in [4.78, 5) is 27.1. The van der Waals surface area contributed by atoms with Crippen molar-refractivity contribution in [1.29, 1.82) is 0 Å². The summed E-state index contributed by atoms with van der Waals surface area (Å²) >= 11 is 0. The molecule has 1 aliphatic rings. The summed E-state index contributed by atoms with van der Waals surface area (Å²) in [6.07, 6.45) is 0.141. The van der Waals surface area contributed by atoms with E-state index in [2.05, 4.69) is 5.32 Å². The number of amides is 2. The minimum atomic E-state index is -0.459. The lowest BCUT2D eigenvalue weighted by Gasteiger charge is -2.21. The molecule has 1 saturated heterocycles. The van der Waals surface area contributed by atoms with Crippen molar-refractivity contribution in [2.24, 2.45) is 5.92 Å². The van der Waals surface area contributed by atoms with Crippen LogP contribution in [0.1, 0.15) is 24.9 Å². The Bertz CT molecular complexity index is 961. The third-order valence-electron chi connectivity index (χ3n) is 5.44. The standard InChI is InChI=1S/C23H28N2O6/c1-14(18-12-17(28-2)7-9-19(18)29-3)24-23(27)15-10-22(26)25(13-15)16-6-8-20(30-4)21(11-16)31-5/h6-9,11-12,14-15H,10,13H2,1-5H3,(H,24,27). The highest BCUT2D eigenvalue weighted by molar-refractivity contribution is 6.00. The van der Waals surface area contributed by atoms with E-state index >= 15 is 0 Å². The molecule has 31 heavy (non-hydrogen) atoms. The minimum absolute atomic E-state index is 0.112. The number of methoxy groups -OCH3 is 4. The maximum absolute atomic E-state index is 12.9. The van der Waals surface area contributed by atoms with Gasteiger partial charge in [0.1, 0.15) is 11.5 Å². The molecular formula is C23H28N2O6. The predicted molar refractivity (Wildman–Crippen MR) is 116 cm³/mol. The molecule has 1 aliphatic heterocycles. The van der Waals surface area contributed by atoms with Crippen molar-refractivity contribution in [3.8, 4) is 23.0 Å². The van der Waals surface area contributed by atoms with Gasteiger partial charge in [0.15, 0.2) is 11.5 Å². The topological polar surface area (TPSA) is 86.3 Å². The van der Waals surface area contributed by atoms with E-state index in [4.69, 9.17) is 18.9 Å². The molecule has 1 N–H and O–H groups in total. The molecular weight excluding hydrogens is 400 g/mol. The van der Waals surface area contributed by atoms with Gasteiger partial charge >= 0.3 is 0 Å². The van der Waals surface area contributed by atoms with E-state index in [1.165, 1.54) is 7.11 Å². The van der Waals surface area contributed by atoms with Gasteiger partial charge in [-0.1, -0.05) is 0 Å². The lowest BCUT2D eigenvalue weighted by atomic mass is 10.0. The fraction of sp³-hybridized carbons (Fsp3) is 0.391. The smallest absolute Gasteiger partial charge is 0.227 e. The Kier molecular flexibility index (Phi) is 6.89. The normalized spacial score (nSPS) is 16.6. The molecule has 2 aromatic carbocycles. The van der Waals surface area contributed by atoms with Gasteiger partial charge in [-0.3, -0.25) is 9.59 Å². The highest BCUT2D eigenvalue weighted by Crippen LogP contribution is 2.34. The van der Waals surface area contributed by atoms with Gasteiger partial charge in [-0.05, 0) is 37.3 Å². The van der Waals surface area contributed by atoms with E-state index in [1.807, 2.05) is 13.0 Å². The van der Waals surface area contributed by atoms with Crippen LogP contribution in [0.2, 0.25) is 0 Å². The second-order valence-electron chi connectivity index (χ2n) is 7.28. The first-order chi connectivity index (χ1) is 14.9. The molecule has 0 saturated carbocycles. The Balaban J connectivity index is 1.72. The van der Waals surface area contributed by atoms with Crippen molar-refractivity contribution in [1.82, 2.24) is 5.32 Å². The van der Waals surface area contributed by atoms with Crippen LogP contribution in [0.15, 0.2) is 36.4 Å². The van der Waals surface area contributed by atoms with Crippen LogP contribution in [-0.2, 0) is 9.59 Å². The average molecular weight is 428 g/mol. The number of ether oxygens (including phenoxy) is 4. The van der Waals surface area contributed by atoms with Crippen LogP contribution < -0.4 is 29.2 Å². The van der Waals surface area contributed by atoms with E-state index in [0.717, 1.165) is 5.56 Å². The van der Waals surface area contributed by atoms with Gasteiger partial charge in [0, 0.05) is 30.3 Å². The van der Waals surface area contributed by atoms with Gasteiger partial charge in [0.05, 0.1) is 40.4 Å². The Morgan fingerprint density at radius 3 is 2.29 bits per heavy atom. The first-order valence-electron chi connectivity index (χ1n) is 9.96. The maximum atomic E-state index is 12.9. The summed E-state index contributed by atoms with van der Waals surface area (Å²) < 4.78 is 21.3. The van der Waals surface area contributed by atoms with Crippen molar-refractivity contribution >= 4 is 17.5 Å². The summed E-state index contributed by atoms with van der Waals surface area (Å²) in [5.74, 6) is 1.68. The Hall–Kier alpha value is -3.42. The van der Waals surface area contributed by atoms with Gasteiger partial charge in [-0.25, -0.2) is 0 Å². The molecule has 2 unspecified atom stereocenters. The van der Waals surface area contributed by atoms with Gasteiger partial charge in [0.2, 0.25) is 11.8 Å². The van der Waals surface area contributed by atoms with Crippen LogP contribution in [0.3, 0.4) is 0 Å². The van der Waals surface area contributed by atoms with Gasteiger partial charge in [-0.15, -0.1) is 0 Å². The number of nitrogens with zero attached hydrogens (tertiary/aromatic N) is 1. The van der Waals surface area contributed by atoms with Crippen LogP contribution in [0, 0.1) is 5.92 Å². The maximum Gasteiger partial charge on any atom is 0.227 e. The van der Waals surface area contributed by atoms with E-state index in [-0.39, 0.29) is 24.3 Å². The highest BCUT2D eigenvalue weighted by Gasteiger charge is 2.36. The molecule has 0 aromatic heterocycles. The Morgan fingerprint density at radius 2 is 1.65 bits per heavy atom. The first-order valence-corrected chi connectivity index (χ1v) is 9.96. The largest absolute Gasteiger partial charge is 0.497 e. The van der Waals surface area contributed by atoms with Crippen LogP contribution in [-0.4, -0.2) is 46.8 Å². The lowest BCUT2D eigenvalue weighted by Crippen LogP contribution is -2.34. The van der Waals surface area contributed by atoms with Crippen LogP contribution in [0.5, 0.6) is 23.0 Å². The zero-order chi connectivity index (χ0) is 22.5. The Labute approximate surface area is 182 Å². The second kappa shape index (κ2) is 9.59. The molecule has 1 fully saturated rings. The van der Waals surface area contributed by atoms with Gasteiger partial charge in [-0.2, -0.15) is 0 Å². The summed E-state index contributed by atoms with van der Waals surface area (Å²) in [6.45, 7) is 2.17. The first kappa shape index (κ1) is 22.3. The molecule has 8 nitrogen and oxygen atoms in total. The van der Waals surface area contributed by atoms with Crippen molar-refractivity contribution < 1.29 is 28.5 Å². The predicted octanol–water partition coefficient (Wildman–Crippen LogP) is 2.95. The summed E-state index contributed by atoms with van der Waals surface area (Å²) in [7, 11) is 6.26. The molecule has 2 atom stereocenters. The van der Waals surface area contributed by atoms with Crippen molar-refractivity contribution in [3.63, 3.8) is 0 Å². The molecule has 0 spiro atoms. The molecule has 0 aliphatic carbocycles. The number of hydrogen-bond acceptors (Lipinski definition) is 6. The molecule has 3 rings (SSSR count). The number of nitrogens with one attached hydrogen (secondary N) is 1. The van der Waals surface area contributed by atoms with E-state index in [9.17, 15) is 9.59 Å². The Morgan fingerprint density at radius 1 is 0.968 bits per heavy atom. The third-order valence-corrected chi connectivity index (χ3v) is 5.44. The van der Waals surface area contributed by atoms with E-state index < -0.39 is 5.92 Å². The lowest BCUT2D eigenvalue weighted by molar-refractivity contribution is -0.126. The van der Waals surface area contributed by atoms with Crippen LogP contribution >= 0.6 is 0 Å². The van der Waals surface area contributed by atoms with E-state index in [1.54, 1.807) is 56.6 Å². The van der Waals surface area contributed by atoms with Crippen LogP contribution in [0.25, 0.3) is 0 Å². The van der Waals surface area contributed by atoms with Gasteiger partial charge in [0.25, 0.3) is 0 Å². The monoisotopic (exact) mass is 428 g/mol. The quantitative estimate of drug-likeness (QED) is 0.696. The fourth-order valence-corrected chi connectivity index (χ4v) is 3.71. The number of rotatable bonds is 8. The van der Waals surface area contributed by atoms with Crippen molar-refractivity contribution in [2.45, 2.75) is 19.4 Å². The molecule has 0 bridgehead atoms. The SMILES string of the molecule is COc1ccc(OC)c(C(C)NC(=O)C2CC(=O)N(c3ccc(OC)c(OC)c3)C2)c1. The molecule has 8 heteroatoms. The number of benzene rings is 2. The number of anilines is 1. The van der Waals surface area contributed by atoms with Gasteiger partial charge < -0.3 is 29.2 Å². The van der Waals surface area contributed by atoms with Crippen LogP contribution in [0.4, 0.5) is 5.69 Å². The zero-order valence-corrected chi connectivity index (χ0v) is 18.4. The number of hydrogen-bond donors (Lipinski definition) is 1. The number of carbonyl (C=O) groups excluding carboxylic acids is 2. The summed E-state index contributed by atoms with van der Waals surface area (Å²) in [6, 6.07) is 10.4. The molecule has 1 heterocycles. The molecule has 2 aromatic rings. The fourth-order valence-electron chi connectivity index (χ4n) is 3.71. The molecule has 2 amide bonds. The average Bonchev–Trinajstić information content (AvgIpc) is 3.19. The van der Waals surface area contributed by atoms with Crippen molar-refractivity contribution in [2.75, 3.05) is 39.9 Å². The summed E-state index contributed by atoms with van der Waals surface area (Å²) in [5, 5.41) is 3.00. The minimum Gasteiger partial charge on any atom is -0.497 e. The van der Waals surface area contributed by atoms with Crippen molar-refractivity contribution in [3.05, 3.63) is 42.0 Å². The van der Waals surface area contributed by atoms with E-state index in [0.29, 0.717) is 35.2 Å². The zero-order valence-electron chi connectivity index (χ0n) is 18.4.